The average Bonchev–Trinajstić information content (AvgIpc) is 3.44. The van der Waals surface area contributed by atoms with Gasteiger partial charge in [0.2, 0.25) is 0 Å². The van der Waals surface area contributed by atoms with Crippen LogP contribution in [0.15, 0.2) is 59.7 Å². The Balaban J connectivity index is 1.38. The normalized spacial score (nSPS) is 15.1. The summed E-state index contributed by atoms with van der Waals surface area (Å²) in [4.78, 5) is 14.2. The molecular formula is C22H23N5OS. The third kappa shape index (κ3) is 3.59. The van der Waals surface area contributed by atoms with E-state index in [4.69, 9.17) is 9.72 Å². The smallest absolute Gasteiger partial charge is 0.180 e. The van der Waals surface area contributed by atoms with E-state index in [1.54, 1.807) is 18.4 Å². The summed E-state index contributed by atoms with van der Waals surface area (Å²) in [6.07, 6.45) is 5.76. The summed E-state index contributed by atoms with van der Waals surface area (Å²) in [7, 11) is 1.69. The van der Waals surface area contributed by atoms with Gasteiger partial charge in [0.1, 0.15) is 5.75 Å². The van der Waals surface area contributed by atoms with Crippen molar-refractivity contribution in [3.63, 3.8) is 0 Å². The van der Waals surface area contributed by atoms with Gasteiger partial charge in [0.15, 0.2) is 11.5 Å². The number of imidazole rings is 1. The molecule has 1 saturated heterocycles. The van der Waals surface area contributed by atoms with Crippen LogP contribution in [0.3, 0.4) is 0 Å². The van der Waals surface area contributed by atoms with E-state index in [0.29, 0.717) is 0 Å². The van der Waals surface area contributed by atoms with Gasteiger partial charge in [-0.15, -0.1) is 0 Å². The van der Waals surface area contributed by atoms with Crippen molar-refractivity contribution >= 4 is 22.8 Å². The molecule has 0 spiro atoms. The topological polar surface area (TPSA) is 45.9 Å². The van der Waals surface area contributed by atoms with Gasteiger partial charge in [-0.05, 0) is 34.5 Å². The Morgan fingerprint density at radius 2 is 2.00 bits per heavy atom. The van der Waals surface area contributed by atoms with E-state index in [1.165, 1.54) is 5.56 Å². The number of rotatable bonds is 5. The summed E-state index contributed by atoms with van der Waals surface area (Å²) in [6, 6.07) is 10.3. The summed E-state index contributed by atoms with van der Waals surface area (Å²) in [5.74, 6) is 1.80. The van der Waals surface area contributed by atoms with E-state index < -0.39 is 0 Å². The zero-order valence-corrected chi connectivity index (χ0v) is 17.2. The van der Waals surface area contributed by atoms with E-state index in [0.717, 1.165) is 61.2 Å². The highest BCUT2D eigenvalue weighted by Gasteiger charge is 2.21. The van der Waals surface area contributed by atoms with Crippen molar-refractivity contribution in [3.8, 4) is 17.0 Å². The Hall–Kier alpha value is -2.90. The molecule has 0 amide bonds. The molecule has 0 bridgehead atoms. The summed E-state index contributed by atoms with van der Waals surface area (Å²) in [5, 5.41) is 4.38. The minimum atomic E-state index is 0.841. The van der Waals surface area contributed by atoms with E-state index in [2.05, 4.69) is 42.1 Å². The van der Waals surface area contributed by atoms with Gasteiger partial charge < -0.3 is 9.64 Å². The quantitative estimate of drug-likeness (QED) is 0.506. The third-order valence-electron chi connectivity index (χ3n) is 5.43. The van der Waals surface area contributed by atoms with Crippen LogP contribution in [0.5, 0.6) is 5.75 Å². The molecule has 0 unspecified atom stereocenters. The predicted octanol–water partition coefficient (Wildman–Crippen LogP) is 3.79. The highest BCUT2D eigenvalue weighted by molar-refractivity contribution is 7.07. The highest BCUT2D eigenvalue weighted by atomic mass is 32.1. The van der Waals surface area contributed by atoms with Gasteiger partial charge >= 0.3 is 0 Å². The number of hydrogen-bond acceptors (Lipinski definition) is 6. The molecule has 1 aliphatic rings. The van der Waals surface area contributed by atoms with Crippen LogP contribution in [0, 0.1) is 0 Å². The number of methoxy groups -OCH3 is 1. The maximum Gasteiger partial charge on any atom is 0.180 e. The molecule has 1 aliphatic heterocycles. The molecule has 4 heterocycles. The number of nitrogens with zero attached hydrogens (tertiary/aromatic N) is 5. The molecular weight excluding hydrogens is 382 g/mol. The molecule has 0 aliphatic carbocycles. The van der Waals surface area contributed by atoms with Crippen LogP contribution in [0.25, 0.3) is 16.9 Å². The number of ether oxygens (including phenoxy) is 1. The molecule has 148 valence electrons. The van der Waals surface area contributed by atoms with Crippen molar-refractivity contribution in [2.75, 3.05) is 38.2 Å². The Kier molecular flexibility index (Phi) is 4.91. The molecule has 1 aromatic carbocycles. The zero-order valence-electron chi connectivity index (χ0n) is 16.4. The lowest BCUT2D eigenvalue weighted by atomic mass is 10.1. The minimum Gasteiger partial charge on any atom is -0.497 e. The molecule has 6 nitrogen and oxygen atoms in total. The Labute approximate surface area is 174 Å². The first-order chi connectivity index (χ1) is 14.3. The van der Waals surface area contributed by atoms with Gasteiger partial charge in [-0.25, -0.2) is 9.97 Å². The number of fused-ring (bicyclic) bond motifs is 1. The molecule has 4 aromatic rings. The van der Waals surface area contributed by atoms with Crippen molar-refractivity contribution in [1.29, 1.82) is 0 Å². The number of anilines is 1. The van der Waals surface area contributed by atoms with Crippen molar-refractivity contribution in [3.05, 3.63) is 65.2 Å². The van der Waals surface area contributed by atoms with Gasteiger partial charge in [-0.2, -0.15) is 11.3 Å². The minimum absolute atomic E-state index is 0.841. The van der Waals surface area contributed by atoms with Crippen LogP contribution in [-0.4, -0.2) is 52.6 Å². The zero-order chi connectivity index (χ0) is 19.6. The van der Waals surface area contributed by atoms with E-state index in [9.17, 15) is 0 Å². The first-order valence-corrected chi connectivity index (χ1v) is 10.7. The number of piperazine rings is 1. The maximum absolute atomic E-state index is 5.38. The largest absolute Gasteiger partial charge is 0.497 e. The predicted molar refractivity (Wildman–Crippen MR) is 117 cm³/mol. The number of thiophene rings is 1. The lowest BCUT2D eigenvalue weighted by Gasteiger charge is -2.35. The lowest BCUT2D eigenvalue weighted by Crippen LogP contribution is -2.46. The Morgan fingerprint density at radius 3 is 2.79 bits per heavy atom. The molecule has 29 heavy (non-hydrogen) atoms. The molecule has 1 fully saturated rings. The second-order valence-corrected chi connectivity index (χ2v) is 7.99. The van der Waals surface area contributed by atoms with Gasteiger partial charge in [0, 0.05) is 50.7 Å². The molecule has 0 N–H and O–H groups in total. The monoisotopic (exact) mass is 405 g/mol. The Bertz CT molecular complexity index is 1100. The number of aromatic nitrogens is 3. The summed E-state index contributed by atoms with van der Waals surface area (Å²) in [5.41, 5.74) is 4.42. The van der Waals surface area contributed by atoms with E-state index >= 15 is 0 Å². The maximum atomic E-state index is 5.38. The SMILES string of the molecule is COc1cccc(-c2cnc3c(N4CCN(Cc5ccsc5)CC4)nccn23)c1. The van der Waals surface area contributed by atoms with Gasteiger partial charge in [0.25, 0.3) is 0 Å². The second kappa shape index (κ2) is 7.85. The molecule has 7 heteroatoms. The highest BCUT2D eigenvalue weighted by Crippen LogP contribution is 2.28. The molecule has 5 rings (SSSR count). The van der Waals surface area contributed by atoms with Crippen LogP contribution in [0.1, 0.15) is 5.56 Å². The van der Waals surface area contributed by atoms with Crippen LogP contribution >= 0.6 is 11.3 Å². The molecule has 0 atom stereocenters. The summed E-state index contributed by atoms with van der Waals surface area (Å²) < 4.78 is 7.50. The van der Waals surface area contributed by atoms with Crippen LogP contribution in [0.2, 0.25) is 0 Å². The molecule has 3 aromatic heterocycles. The van der Waals surface area contributed by atoms with Crippen molar-refractivity contribution < 1.29 is 4.74 Å². The van der Waals surface area contributed by atoms with Crippen LogP contribution < -0.4 is 9.64 Å². The second-order valence-electron chi connectivity index (χ2n) is 7.21. The standard InChI is InChI=1S/C22H23N5OS/c1-28-19-4-2-3-18(13-19)20-14-24-22-21(23-6-7-27(20)22)26-10-8-25(9-11-26)15-17-5-12-29-16-17/h2-7,12-14,16H,8-11,15H2,1H3. The third-order valence-corrected chi connectivity index (χ3v) is 6.17. The molecule has 0 saturated carbocycles. The fourth-order valence-electron chi connectivity index (χ4n) is 3.88. The van der Waals surface area contributed by atoms with Crippen LogP contribution in [0.4, 0.5) is 5.82 Å². The average molecular weight is 406 g/mol. The van der Waals surface area contributed by atoms with E-state index in [-0.39, 0.29) is 0 Å². The van der Waals surface area contributed by atoms with Crippen molar-refractivity contribution in [1.82, 2.24) is 19.3 Å². The first-order valence-electron chi connectivity index (χ1n) is 9.77. The van der Waals surface area contributed by atoms with Crippen LogP contribution in [-0.2, 0) is 6.54 Å². The summed E-state index contributed by atoms with van der Waals surface area (Å²) in [6.45, 7) is 5.00. The molecule has 0 radical (unpaired) electrons. The van der Waals surface area contributed by atoms with Gasteiger partial charge in [-0.3, -0.25) is 9.30 Å². The van der Waals surface area contributed by atoms with Crippen molar-refractivity contribution in [2.45, 2.75) is 6.54 Å². The number of benzene rings is 1. The number of hydrogen-bond donors (Lipinski definition) is 0. The van der Waals surface area contributed by atoms with Gasteiger partial charge in [0.05, 0.1) is 19.0 Å². The summed E-state index contributed by atoms with van der Waals surface area (Å²) >= 11 is 1.76. The fraction of sp³-hybridized carbons (Fsp3) is 0.273. The van der Waals surface area contributed by atoms with Gasteiger partial charge in [-0.1, -0.05) is 12.1 Å². The van der Waals surface area contributed by atoms with E-state index in [1.807, 2.05) is 36.8 Å². The lowest BCUT2D eigenvalue weighted by molar-refractivity contribution is 0.249. The Morgan fingerprint density at radius 1 is 1.10 bits per heavy atom. The first kappa shape index (κ1) is 18.1. The van der Waals surface area contributed by atoms with Crippen molar-refractivity contribution in [2.24, 2.45) is 0 Å². The fourth-order valence-corrected chi connectivity index (χ4v) is 4.54.